The van der Waals surface area contributed by atoms with E-state index >= 15 is 0 Å². The second-order valence-corrected chi connectivity index (χ2v) is 4.81. The first-order valence-corrected chi connectivity index (χ1v) is 7.34. The van der Waals surface area contributed by atoms with Crippen LogP contribution in [0.25, 0.3) is 11.2 Å². The zero-order valence-corrected chi connectivity index (χ0v) is 12.1. The number of pyridine rings is 1. The summed E-state index contributed by atoms with van der Waals surface area (Å²) in [5, 5.41) is 0. The highest BCUT2D eigenvalue weighted by Gasteiger charge is 2.10. The Morgan fingerprint density at radius 3 is 3.05 bits per heavy atom. The van der Waals surface area contributed by atoms with E-state index in [1.165, 1.54) is 0 Å². The molecule has 0 atom stereocenters. The topological polar surface area (TPSA) is 39.9 Å². The maximum absolute atomic E-state index is 5.84. The summed E-state index contributed by atoms with van der Waals surface area (Å²) in [6.07, 6.45) is 4.61. The summed E-state index contributed by atoms with van der Waals surface area (Å²) in [6, 6.07) is 3.90. The van der Waals surface area contributed by atoms with Crippen LogP contribution in [-0.2, 0) is 17.7 Å². The molecule has 0 saturated heterocycles. The Labute approximate surface area is 118 Å². The molecule has 2 heterocycles. The first-order chi connectivity index (χ1) is 9.36. The van der Waals surface area contributed by atoms with Crippen molar-refractivity contribution in [3.05, 3.63) is 24.2 Å². The highest BCUT2D eigenvalue weighted by molar-refractivity contribution is 6.17. The fourth-order valence-corrected chi connectivity index (χ4v) is 2.26. The van der Waals surface area contributed by atoms with Crippen LogP contribution in [0.3, 0.4) is 0 Å². The van der Waals surface area contributed by atoms with E-state index in [0.29, 0.717) is 5.88 Å². The van der Waals surface area contributed by atoms with E-state index in [9.17, 15) is 0 Å². The number of alkyl halides is 1. The minimum Gasteiger partial charge on any atom is -0.381 e. The highest BCUT2D eigenvalue weighted by atomic mass is 35.5. The van der Waals surface area contributed by atoms with Gasteiger partial charge in [-0.1, -0.05) is 6.92 Å². The molecule has 4 nitrogen and oxygen atoms in total. The molecule has 0 aliphatic heterocycles. The van der Waals surface area contributed by atoms with Gasteiger partial charge < -0.3 is 9.30 Å². The van der Waals surface area contributed by atoms with E-state index in [2.05, 4.69) is 21.5 Å². The van der Waals surface area contributed by atoms with Gasteiger partial charge in [-0.15, -0.1) is 11.6 Å². The summed E-state index contributed by atoms with van der Waals surface area (Å²) >= 11 is 5.84. The van der Waals surface area contributed by atoms with Gasteiger partial charge >= 0.3 is 0 Å². The SMILES string of the molecule is CCCOCCCn1c(CCCl)nc2cccnc21. The predicted octanol–water partition coefficient (Wildman–Crippen LogP) is 3.03. The molecule has 19 heavy (non-hydrogen) atoms. The molecule has 5 heteroatoms. The van der Waals surface area contributed by atoms with Crippen LogP contribution in [0.1, 0.15) is 25.6 Å². The molecule has 0 spiro atoms. The molecule has 0 fully saturated rings. The molecular formula is C14H20ClN3O. The van der Waals surface area contributed by atoms with Gasteiger partial charge in [-0.3, -0.25) is 0 Å². The number of hydrogen-bond acceptors (Lipinski definition) is 3. The van der Waals surface area contributed by atoms with Crippen molar-refractivity contribution in [3.63, 3.8) is 0 Å². The van der Waals surface area contributed by atoms with Gasteiger partial charge in [0.25, 0.3) is 0 Å². The van der Waals surface area contributed by atoms with Crippen molar-refractivity contribution in [2.75, 3.05) is 19.1 Å². The predicted molar refractivity (Wildman–Crippen MR) is 77.7 cm³/mol. The summed E-state index contributed by atoms with van der Waals surface area (Å²) in [5.74, 6) is 1.59. The summed E-state index contributed by atoms with van der Waals surface area (Å²) in [4.78, 5) is 9.01. The van der Waals surface area contributed by atoms with Gasteiger partial charge in [0.05, 0.1) is 0 Å². The minimum absolute atomic E-state index is 0.579. The Bertz CT molecular complexity index is 512. The van der Waals surface area contributed by atoms with Gasteiger partial charge in [-0.2, -0.15) is 0 Å². The number of ether oxygens (including phenoxy) is 1. The Hall–Kier alpha value is -1.13. The molecule has 0 aromatic carbocycles. The van der Waals surface area contributed by atoms with Crippen molar-refractivity contribution in [2.24, 2.45) is 0 Å². The molecule has 0 aliphatic rings. The number of halogens is 1. The summed E-state index contributed by atoms with van der Waals surface area (Å²) in [7, 11) is 0. The second kappa shape index (κ2) is 7.46. The molecule has 2 rings (SSSR count). The van der Waals surface area contributed by atoms with Crippen molar-refractivity contribution in [2.45, 2.75) is 32.7 Å². The van der Waals surface area contributed by atoms with E-state index in [1.54, 1.807) is 6.20 Å². The quantitative estimate of drug-likeness (QED) is 0.551. The lowest BCUT2D eigenvalue weighted by Crippen LogP contribution is -2.08. The number of rotatable bonds is 8. The van der Waals surface area contributed by atoms with Crippen molar-refractivity contribution < 1.29 is 4.74 Å². The molecule has 2 aromatic heterocycles. The van der Waals surface area contributed by atoms with Crippen LogP contribution in [0.2, 0.25) is 0 Å². The lowest BCUT2D eigenvalue weighted by Gasteiger charge is -2.08. The van der Waals surface area contributed by atoms with Gasteiger partial charge in [0.15, 0.2) is 5.65 Å². The third-order valence-electron chi connectivity index (χ3n) is 2.92. The van der Waals surface area contributed by atoms with Gasteiger partial charge in [-0.25, -0.2) is 9.97 Å². The molecule has 0 amide bonds. The molecular weight excluding hydrogens is 262 g/mol. The van der Waals surface area contributed by atoms with E-state index in [-0.39, 0.29) is 0 Å². The largest absolute Gasteiger partial charge is 0.381 e. The first-order valence-electron chi connectivity index (χ1n) is 6.80. The Morgan fingerprint density at radius 1 is 1.37 bits per heavy atom. The van der Waals surface area contributed by atoms with E-state index in [4.69, 9.17) is 16.3 Å². The molecule has 0 aliphatic carbocycles. The highest BCUT2D eigenvalue weighted by Crippen LogP contribution is 2.15. The van der Waals surface area contributed by atoms with Gasteiger partial charge in [0, 0.05) is 38.3 Å². The summed E-state index contributed by atoms with van der Waals surface area (Å²) in [5.41, 5.74) is 1.88. The van der Waals surface area contributed by atoms with Crippen LogP contribution in [0.4, 0.5) is 0 Å². The number of aromatic nitrogens is 3. The van der Waals surface area contributed by atoms with Crippen LogP contribution in [0, 0.1) is 0 Å². The number of nitrogens with zero attached hydrogens (tertiary/aromatic N) is 3. The minimum atomic E-state index is 0.579. The average molecular weight is 282 g/mol. The number of fused-ring (bicyclic) bond motifs is 1. The number of imidazole rings is 1. The van der Waals surface area contributed by atoms with E-state index in [1.807, 2.05) is 12.1 Å². The third-order valence-corrected chi connectivity index (χ3v) is 3.11. The average Bonchev–Trinajstić information content (AvgIpc) is 2.77. The fourth-order valence-electron chi connectivity index (χ4n) is 2.09. The van der Waals surface area contributed by atoms with Crippen LogP contribution < -0.4 is 0 Å². The van der Waals surface area contributed by atoms with Gasteiger partial charge in [0.2, 0.25) is 0 Å². The lowest BCUT2D eigenvalue weighted by atomic mass is 10.4. The Balaban J connectivity index is 2.08. The van der Waals surface area contributed by atoms with E-state index in [0.717, 1.165) is 56.0 Å². The molecule has 0 N–H and O–H groups in total. The fraction of sp³-hybridized carbons (Fsp3) is 0.571. The van der Waals surface area contributed by atoms with Crippen LogP contribution >= 0.6 is 11.6 Å². The summed E-state index contributed by atoms with van der Waals surface area (Å²) < 4.78 is 7.67. The molecule has 0 saturated carbocycles. The summed E-state index contributed by atoms with van der Waals surface area (Å²) in [6.45, 7) is 4.60. The first kappa shape index (κ1) is 14.3. The molecule has 2 aromatic rings. The second-order valence-electron chi connectivity index (χ2n) is 4.43. The van der Waals surface area contributed by atoms with Crippen molar-refractivity contribution >= 4 is 22.8 Å². The normalized spacial score (nSPS) is 11.3. The van der Waals surface area contributed by atoms with Gasteiger partial charge in [-0.05, 0) is 25.0 Å². The molecule has 0 radical (unpaired) electrons. The van der Waals surface area contributed by atoms with Crippen molar-refractivity contribution in [1.82, 2.24) is 14.5 Å². The molecule has 0 unspecified atom stereocenters. The number of hydrogen-bond donors (Lipinski definition) is 0. The molecule has 0 bridgehead atoms. The smallest absolute Gasteiger partial charge is 0.159 e. The maximum Gasteiger partial charge on any atom is 0.159 e. The number of aryl methyl sites for hydroxylation is 2. The maximum atomic E-state index is 5.84. The Kier molecular flexibility index (Phi) is 5.61. The lowest BCUT2D eigenvalue weighted by molar-refractivity contribution is 0.129. The monoisotopic (exact) mass is 281 g/mol. The van der Waals surface area contributed by atoms with Crippen LogP contribution in [0.5, 0.6) is 0 Å². The van der Waals surface area contributed by atoms with Crippen molar-refractivity contribution in [3.8, 4) is 0 Å². The molecule has 104 valence electrons. The zero-order chi connectivity index (χ0) is 13.5. The third kappa shape index (κ3) is 3.67. The van der Waals surface area contributed by atoms with Crippen LogP contribution in [0.15, 0.2) is 18.3 Å². The van der Waals surface area contributed by atoms with Gasteiger partial charge in [0.1, 0.15) is 11.3 Å². The zero-order valence-electron chi connectivity index (χ0n) is 11.3. The standard InChI is InChI=1S/C14H20ClN3O/c1-2-10-19-11-4-9-18-13(6-7-15)17-12-5-3-8-16-14(12)18/h3,5,8H,2,4,6-7,9-11H2,1H3. The van der Waals surface area contributed by atoms with E-state index < -0.39 is 0 Å². The van der Waals surface area contributed by atoms with Crippen molar-refractivity contribution in [1.29, 1.82) is 0 Å². The Morgan fingerprint density at radius 2 is 2.26 bits per heavy atom. The van der Waals surface area contributed by atoms with Crippen LogP contribution in [-0.4, -0.2) is 33.6 Å².